The average Bonchev–Trinajstić information content (AvgIpc) is 2.74. The third kappa shape index (κ3) is 3.02. The zero-order valence-corrected chi connectivity index (χ0v) is 11.4. The Morgan fingerprint density at radius 3 is 2.48 bits per heavy atom. The fourth-order valence-corrected chi connectivity index (χ4v) is 2.95. The summed E-state index contributed by atoms with van der Waals surface area (Å²) in [5.41, 5.74) is -0.282. The third-order valence-electron chi connectivity index (χ3n) is 3.27. The Morgan fingerprint density at radius 1 is 1.38 bits per heavy atom. The van der Waals surface area contributed by atoms with E-state index in [0.29, 0.717) is 4.90 Å². The zero-order chi connectivity index (χ0) is 15.8. The Balaban J connectivity index is 2.39. The molecule has 2 atom stereocenters. The summed E-state index contributed by atoms with van der Waals surface area (Å²) >= 11 is 0. The summed E-state index contributed by atoms with van der Waals surface area (Å²) in [6.45, 7) is -0.622. The van der Waals surface area contributed by atoms with Gasteiger partial charge in [0.25, 0.3) is 0 Å². The standard InChI is InChI=1S/C12H11F2NO5S/c13-9-4-2-1-3-8(9)11(12(17)18)15-6-7(5-10(15)16)21(14,19)20/h1-4,7,11H,5-6H2,(H,17,18). The molecule has 1 amide bonds. The van der Waals surface area contributed by atoms with Crippen molar-refractivity contribution in [1.29, 1.82) is 0 Å². The summed E-state index contributed by atoms with van der Waals surface area (Å²) in [5, 5.41) is 7.59. The highest BCUT2D eigenvalue weighted by molar-refractivity contribution is 7.87. The second kappa shape index (κ2) is 5.40. The molecule has 6 nitrogen and oxygen atoms in total. The van der Waals surface area contributed by atoms with E-state index >= 15 is 0 Å². The van der Waals surface area contributed by atoms with Crippen LogP contribution >= 0.6 is 0 Å². The van der Waals surface area contributed by atoms with Crippen molar-refractivity contribution in [3.63, 3.8) is 0 Å². The molecule has 2 unspecified atom stereocenters. The number of hydrogen-bond acceptors (Lipinski definition) is 4. The van der Waals surface area contributed by atoms with Gasteiger partial charge in [0, 0.05) is 18.5 Å². The van der Waals surface area contributed by atoms with Crippen molar-refractivity contribution in [3.8, 4) is 0 Å². The minimum Gasteiger partial charge on any atom is -0.479 e. The smallest absolute Gasteiger partial charge is 0.331 e. The van der Waals surface area contributed by atoms with Gasteiger partial charge in [0.05, 0.1) is 0 Å². The Labute approximate surface area is 119 Å². The van der Waals surface area contributed by atoms with Crippen LogP contribution in [0.4, 0.5) is 8.28 Å². The maximum atomic E-state index is 13.7. The Kier molecular flexibility index (Phi) is 3.95. The number of carboxylic acid groups (broad SMARTS) is 1. The normalized spacial score (nSPS) is 20.6. The van der Waals surface area contributed by atoms with Crippen LogP contribution in [0.25, 0.3) is 0 Å². The van der Waals surface area contributed by atoms with Gasteiger partial charge in [-0.1, -0.05) is 18.2 Å². The fourth-order valence-electron chi connectivity index (χ4n) is 2.27. The van der Waals surface area contributed by atoms with Gasteiger partial charge in [0.15, 0.2) is 6.04 Å². The molecule has 0 spiro atoms. The summed E-state index contributed by atoms with van der Waals surface area (Å²) in [6, 6.07) is 3.25. The number of hydrogen-bond donors (Lipinski definition) is 1. The predicted molar refractivity (Wildman–Crippen MR) is 66.9 cm³/mol. The summed E-state index contributed by atoms with van der Waals surface area (Å²) in [6.07, 6.45) is -0.656. The number of carboxylic acids is 1. The van der Waals surface area contributed by atoms with Crippen molar-refractivity contribution in [2.75, 3.05) is 6.54 Å². The molecule has 0 aromatic heterocycles. The van der Waals surface area contributed by atoms with Gasteiger partial charge in [-0.15, -0.1) is 3.89 Å². The van der Waals surface area contributed by atoms with Crippen LogP contribution in [-0.4, -0.2) is 42.1 Å². The number of carbonyl (C=O) groups is 2. The van der Waals surface area contributed by atoms with Crippen LogP contribution in [0.3, 0.4) is 0 Å². The molecule has 1 aliphatic heterocycles. The molecule has 1 saturated heterocycles. The van der Waals surface area contributed by atoms with Crippen LogP contribution in [0.2, 0.25) is 0 Å². The second-order valence-electron chi connectivity index (χ2n) is 4.61. The molecule has 2 rings (SSSR count). The van der Waals surface area contributed by atoms with E-state index in [-0.39, 0.29) is 5.56 Å². The minimum atomic E-state index is -4.97. The largest absolute Gasteiger partial charge is 0.479 e. The van der Waals surface area contributed by atoms with Crippen LogP contribution in [0.15, 0.2) is 24.3 Å². The van der Waals surface area contributed by atoms with Gasteiger partial charge >= 0.3 is 16.2 Å². The highest BCUT2D eigenvalue weighted by Crippen LogP contribution is 2.30. The van der Waals surface area contributed by atoms with E-state index in [2.05, 4.69) is 0 Å². The summed E-state index contributed by atoms with van der Waals surface area (Å²) in [4.78, 5) is 23.8. The van der Waals surface area contributed by atoms with Crippen molar-refractivity contribution in [1.82, 2.24) is 4.90 Å². The summed E-state index contributed by atoms with van der Waals surface area (Å²) in [5.74, 6) is -3.22. The molecule has 0 radical (unpaired) electrons. The molecule has 1 N–H and O–H groups in total. The van der Waals surface area contributed by atoms with Crippen LogP contribution in [0.5, 0.6) is 0 Å². The van der Waals surface area contributed by atoms with E-state index in [1.807, 2.05) is 0 Å². The maximum absolute atomic E-state index is 13.7. The Hall–Kier alpha value is -2.03. The van der Waals surface area contributed by atoms with Gasteiger partial charge in [-0.2, -0.15) is 8.42 Å². The number of amides is 1. The molecule has 114 valence electrons. The summed E-state index contributed by atoms with van der Waals surface area (Å²) in [7, 11) is -4.97. The molecule has 1 fully saturated rings. The molecule has 9 heteroatoms. The topological polar surface area (TPSA) is 91.8 Å². The van der Waals surface area contributed by atoms with Gasteiger partial charge in [0.1, 0.15) is 11.1 Å². The molecule has 21 heavy (non-hydrogen) atoms. The van der Waals surface area contributed by atoms with E-state index in [1.165, 1.54) is 18.2 Å². The number of halogens is 2. The van der Waals surface area contributed by atoms with Gasteiger partial charge in [-0.25, -0.2) is 9.18 Å². The molecule has 1 aliphatic rings. The lowest BCUT2D eigenvalue weighted by Crippen LogP contribution is -2.36. The number of likely N-dealkylation sites (tertiary alicyclic amines) is 1. The number of aliphatic carboxylic acids is 1. The van der Waals surface area contributed by atoms with E-state index < -0.39 is 52.2 Å². The fraction of sp³-hybridized carbons (Fsp3) is 0.333. The number of rotatable bonds is 4. The van der Waals surface area contributed by atoms with Gasteiger partial charge in [-0.3, -0.25) is 4.79 Å². The van der Waals surface area contributed by atoms with Crippen molar-refractivity contribution in [2.24, 2.45) is 0 Å². The lowest BCUT2D eigenvalue weighted by molar-refractivity contribution is -0.148. The molecular formula is C12H11F2NO5S. The number of nitrogens with zero attached hydrogens (tertiary/aromatic N) is 1. The van der Waals surface area contributed by atoms with E-state index in [1.54, 1.807) is 0 Å². The SMILES string of the molecule is O=C(O)C(c1ccccc1F)N1CC(S(=O)(=O)F)CC1=O. The van der Waals surface area contributed by atoms with Crippen LogP contribution in [0.1, 0.15) is 18.0 Å². The van der Waals surface area contributed by atoms with Crippen LogP contribution < -0.4 is 0 Å². The number of benzene rings is 1. The third-order valence-corrected chi connectivity index (χ3v) is 4.38. The highest BCUT2D eigenvalue weighted by atomic mass is 32.3. The highest BCUT2D eigenvalue weighted by Gasteiger charge is 2.44. The van der Waals surface area contributed by atoms with Crippen molar-refractivity contribution in [3.05, 3.63) is 35.6 Å². The monoisotopic (exact) mass is 319 g/mol. The first-order valence-corrected chi connectivity index (χ1v) is 7.36. The van der Waals surface area contributed by atoms with E-state index in [9.17, 15) is 31.4 Å². The first kappa shape index (κ1) is 15.4. The van der Waals surface area contributed by atoms with E-state index in [0.717, 1.165) is 6.07 Å². The van der Waals surface area contributed by atoms with Crippen molar-refractivity contribution >= 4 is 22.1 Å². The molecule has 0 bridgehead atoms. The predicted octanol–water partition coefficient (Wildman–Crippen LogP) is 0.852. The minimum absolute atomic E-state index is 0.282. The molecular weight excluding hydrogens is 308 g/mol. The number of carbonyl (C=O) groups excluding carboxylic acids is 1. The molecule has 1 aromatic carbocycles. The van der Waals surface area contributed by atoms with Crippen molar-refractivity contribution < 1.29 is 31.4 Å². The van der Waals surface area contributed by atoms with Crippen LogP contribution in [0, 0.1) is 5.82 Å². The van der Waals surface area contributed by atoms with Gasteiger partial charge in [0.2, 0.25) is 5.91 Å². The lowest BCUT2D eigenvalue weighted by atomic mass is 10.1. The maximum Gasteiger partial charge on any atom is 0.331 e. The van der Waals surface area contributed by atoms with E-state index in [4.69, 9.17) is 0 Å². The first-order valence-electron chi connectivity index (χ1n) is 5.92. The average molecular weight is 319 g/mol. The second-order valence-corrected chi connectivity index (χ2v) is 6.23. The Bertz CT molecular complexity index is 691. The zero-order valence-electron chi connectivity index (χ0n) is 10.6. The van der Waals surface area contributed by atoms with Crippen LogP contribution in [-0.2, 0) is 19.8 Å². The van der Waals surface area contributed by atoms with Gasteiger partial charge in [-0.05, 0) is 6.07 Å². The Morgan fingerprint density at radius 2 is 2.00 bits per heavy atom. The first-order chi connectivity index (χ1) is 9.71. The molecule has 1 heterocycles. The van der Waals surface area contributed by atoms with Crippen molar-refractivity contribution in [2.45, 2.75) is 17.7 Å². The summed E-state index contributed by atoms with van der Waals surface area (Å²) < 4.78 is 48.4. The van der Waals surface area contributed by atoms with Gasteiger partial charge < -0.3 is 10.0 Å². The molecule has 0 saturated carbocycles. The quantitative estimate of drug-likeness (QED) is 0.831. The molecule has 1 aromatic rings. The molecule has 0 aliphatic carbocycles. The lowest BCUT2D eigenvalue weighted by Gasteiger charge is -2.25.